The molecule has 0 atom stereocenters. The van der Waals surface area contributed by atoms with Gasteiger partial charge in [-0.15, -0.1) is 11.3 Å². The van der Waals surface area contributed by atoms with Crippen LogP contribution in [0.5, 0.6) is 5.75 Å². The van der Waals surface area contributed by atoms with Crippen LogP contribution in [0, 0.1) is 0 Å². The van der Waals surface area contributed by atoms with Crippen molar-refractivity contribution in [2.24, 2.45) is 0 Å². The Morgan fingerprint density at radius 2 is 1.92 bits per heavy atom. The molecule has 0 aliphatic carbocycles. The van der Waals surface area contributed by atoms with Crippen LogP contribution >= 0.6 is 23.6 Å². The molecule has 26 heavy (non-hydrogen) atoms. The second kappa shape index (κ2) is 11.2. The fraction of sp³-hybridized carbons (Fsp3) is 0.450. The average molecular weight is 393 g/mol. The lowest BCUT2D eigenvalue weighted by Crippen LogP contribution is -3.12. The van der Waals surface area contributed by atoms with Gasteiger partial charge >= 0.3 is 0 Å². The average Bonchev–Trinajstić information content (AvgIpc) is 3.19. The summed E-state index contributed by atoms with van der Waals surface area (Å²) in [5.74, 6) is 0.873. The second-order valence-corrected chi connectivity index (χ2v) is 7.63. The molecule has 0 amide bonds. The standard InChI is InChI=1S/C20H29N3OS2/c1-4-22(5-2)12-13-23(16-19-7-6-14-26-19)20(25)21-15-17-8-10-18(24-3)11-9-17/h6-11,14H,4-5,12-13,15-16H2,1-3H3,(H,21,25)/p+1. The van der Waals surface area contributed by atoms with Crippen LogP contribution in [-0.4, -0.2) is 43.3 Å². The summed E-state index contributed by atoms with van der Waals surface area (Å²) in [6, 6.07) is 12.4. The van der Waals surface area contributed by atoms with Gasteiger partial charge in [0.05, 0.1) is 39.8 Å². The normalized spacial score (nSPS) is 10.8. The van der Waals surface area contributed by atoms with Crippen LogP contribution in [0.15, 0.2) is 41.8 Å². The van der Waals surface area contributed by atoms with Gasteiger partial charge in [-0.1, -0.05) is 18.2 Å². The minimum atomic E-state index is 0.724. The molecular weight excluding hydrogens is 362 g/mol. The molecule has 0 unspecified atom stereocenters. The molecule has 0 spiro atoms. The van der Waals surface area contributed by atoms with Crippen molar-refractivity contribution in [2.45, 2.75) is 26.9 Å². The van der Waals surface area contributed by atoms with Gasteiger partial charge in [-0.25, -0.2) is 0 Å². The highest BCUT2D eigenvalue weighted by Gasteiger charge is 2.14. The first-order valence-electron chi connectivity index (χ1n) is 9.17. The van der Waals surface area contributed by atoms with Crippen molar-refractivity contribution in [2.75, 3.05) is 33.3 Å². The molecule has 1 aromatic carbocycles. The van der Waals surface area contributed by atoms with Gasteiger partial charge in [-0.05, 0) is 55.2 Å². The van der Waals surface area contributed by atoms with Gasteiger partial charge in [0.2, 0.25) is 0 Å². The summed E-state index contributed by atoms with van der Waals surface area (Å²) in [5, 5.41) is 6.36. The summed E-state index contributed by atoms with van der Waals surface area (Å²) in [7, 11) is 1.68. The third-order valence-electron chi connectivity index (χ3n) is 4.55. The van der Waals surface area contributed by atoms with Crippen molar-refractivity contribution >= 4 is 28.7 Å². The van der Waals surface area contributed by atoms with Gasteiger partial charge in [0.1, 0.15) is 5.75 Å². The highest BCUT2D eigenvalue weighted by Crippen LogP contribution is 2.13. The fourth-order valence-corrected chi connectivity index (χ4v) is 3.72. The Kier molecular flexibility index (Phi) is 8.88. The number of methoxy groups -OCH3 is 1. The van der Waals surface area contributed by atoms with Crippen LogP contribution < -0.4 is 15.0 Å². The van der Waals surface area contributed by atoms with Crippen molar-refractivity contribution < 1.29 is 9.64 Å². The summed E-state index contributed by atoms with van der Waals surface area (Å²) in [5.41, 5.74) is 1.19. The molecule has 1 heterocycles. The largest absolute Gasteiger partial charge is 0.497 e. The maximum Gasteiger partial charge on any atom is 0.169 e. The Bertz CT molecular complexity index is 640. The Labute approximate surface area is 166 Å². The van der Waals surface area contributed by atoms with Crippen LogP contribution in [-0.2, 0) is 13.1 Å². The van der Waals surface area contributed by atoms with Gasteiger partial charge in [0.15, 0.2) is 5.11 Å². The summed E-state index contributed by atoms with van der Waals surface area (Å²) < 4.78 is 5.21. The lowest BCUT2D eigenvalue weighted by Gasteiger charge is -2.27. The Hall–Kier alpha value is -1.63. The molecular formula is C20H30N3OS2+. The number of likely N-dealkylation sites (N-methyl/N-ethyl adjacent to an activating group) is 1. The number of nitrogens with zero attached hydrogens (tertiary/aromatic N) is 1. The van der Waals surface area contributed by atoms with E-state index < -0.39 is 0 Å². The van der Waals surface area contributed by atoms with E-state index in [4.69, 9.17) is 17.0 Å². The number of hydrogen-bond donors (Lipinski definition) is 2. The third kappa shape index (κ3) is 6.59. The molecule has 0 aliphatic rings. The molecule has 2 N–H and O–H groups in total. The van der Waals surface area contributed by atoms with Crippen molar-refractivity contribution in [3.05, 3.63) is 52.2 Å². The van der Waals surface area contributed by atoms with E-state index in [1.807, 2.05) is 12.1 Å². The van der Waals surface area contributed by atoms with Gasteiger partial charge in [0.25, 0.3) is 0 Å². The van der Waals surface area contributed by atoms with Crippen LogP contribution in [0.3, 0.4) is 0 Å². The Balaban J connectivity index is 1.94. The van der Waals surface area contributed by atoms with Crippen molar-refractivity contribution in [3.8, 4) is 5.75 Å². The number of nitrogens with one attached hydrogen (secondary N) is 2. The highest BCUT2D eigenvalue weighted by molar-refractivity contribution is 7.80. The lowest BCUT2D eigenvalue weighted by atomic mass is 10.2. The summed E-state index contributed by atoms with van der Waals surface area (Å²) in [6.45, 7) is 10.4. The first-order chi connectivity index (χ1) is 12.7. The molecule has 0 aliphatic heterocycles. The summed E-state index contributed by atoms with van der Waals surface area (Å²) in [4.78, 5) is 5.23. The van der Waals surface area contributed by atoms with Crippen LogP contribution in [0.25, 0.3) is 0 Å². The van der Waals surface area contributed by atoms with E-state index in [1.54, 1.807) is 23.3 Å². The van der Waals surface area contributed by atoms with Crippen LogP contribution in [0.4, 0.5) is 0 Å². The monoisotopic (exact) mass is 392 g/mol. The molecule has 0 bridgehead atoms. The van der Waals surface area contributed by atoms with E-state index in [2.05, 4.69) is 53.7 Å². The predicted octanol–water partition coefficient (Wildman–Crippen LogP) is 2.56. The van der Waals surface area contributed by atoms with E-state index in [0.29, 0.717) is 0 Å². The zero-order chi connectivity index (χ0) is 18.8. The molecule has 0 fully saturated rings. The number of quaternary nitrogens is 1. The highest BCUT2D eigenvalue weighted by atomic mass is 32.1. The van der Waals surface area contributed by atoms with Crippen molar-refractivity contribution in [1.29, 1.82) is 0 Å². The fourth-order valence-electron chi connectivity index (χ4n) is 2.77. The quantitative estimate of drug-likeness (QED) is 0.608. The number of hydrogen-bond acceptors (Lipinski definition) is 3. The van der Waals surface area contributed by atoms with Crippen molar-refractivity contribution in [1.82, 2.24) is 10.2 Å². The molecule has 4 nitrogen and oxygen atoms in total. The molecule has 2 aromatic rings. The van der Waals surface area contributed by atoms with Gasteiger partial charge in [-0.3, -0.25) is 0 Å². The SMILES string of the molecule is CC[NH+](CC)CCN(Cc1cccs1)C(=S)NCc1ccc(OC)cc1. The Morgan fingerprint density at radius 1 is 1.19 bits per heavy atom. The van der Waals surface area contributed by atoms with Crippen LogP contribution in [0.1, 0.15) is 24.3 Å². The van der Waals surface area contributed by atoms with Gasteiger partial charge in [-0.2, -0.15) is 0 Å². The number of thiocarbonyl (C=S) groups is 1. The van der Waals surface area contributed by atoms with E-state index in [1.165, 1.54) is 10.4 Å². The van der Waals surface area contributed by atoms with Gasteiger partial charge in [0, 0.05) is 11.4 Å². The van der Waals surface area contributed by atoms with E-state index in [9.17, 15) is 0 Å². The molecule has 2 rings (SSSR count). The number of benzene rings is 1. The number of ether oxygens (including phenoxy) is 1. The summed E-state index contributed by atoms with van der Waals surface area (Å²) in [6.07, 6.45) is 0. The molecule has 0 saturated heterocycles. The minimum absolute atomic E-state index is 0.724. The molecule has 0 saturated carbocycles. The molecule has 142 valence electrons. The first-order valence-corrected chi connectivity index (χ1v) is 10.5. The number of rotatable bonds is 10. The molecule has 1 aromatic heterocycles. The van der Waals surface area contributed by atoms with Gasteiger partial charge < -0.3 is 19.9 Å². The maximum absolute atomic E-state index is 5.71. The minimum Gasteiger partial charge on any atom is -0.497 e. The zero-order valence-electron chi connectivity index (χ0n) is 16.0. The smallest absolute Gasteiger partial charge is 0.169 e. The van der Waals surface area contributed by atoms with Crippen molar-refractivity contribution in [3.63, 3.8) is 0 Å². The third-order valence-corrected chi connectivity index (χ3v) is 5.82. The number of thiophene rings is 1. The molecule has 0 radical (unpaired) electrons. The predicted molar refractivity (Wildman–Crippen MR) is 114 cm³/mol. The van der Waals surface area contributed by atoms with E-state index in [0.717, 1.165) is 50.1 Å². The topological polar surface area (TPSA) is 28.9 Å². The van der Waals surface area contributed by atoms with Crippen LogP contribution in [0.2, 0.25) is 0 Å². The zero-order valence-corrected chi connectivity index (χ0v) is 17.6. The summed E-state index contributed by atoms with van der Waals surface area (Å²) >= 11 is 7.49. The lowest BCUT2D eigenvalue weighted by molar-refractivity contribution is -0.895. The first kappa shape index (κ1) is 20.7. The maximum atomic E-state index is 5.71. The van der Waals surface area contributed by atoms with E-state index >= 15 is 0 Å². The Morgan fingerprint density at radius 3 is 2.50 bits per heavy atom. The molecule has 6 heteroatoms. The second-order valence-electron chi connectivity index (χ2n) is 6.21. The van der Waals surface area contributed by atoms with E-state index in [-0.39, 0.29) is 0 Å².